The molecule has 2 aromatic carbocycles. The Morgan fingerprint density at radius 2 is 2.00 bits per heavy atom. The van der Waals surface area contributed by atoms with Crippen molar-refractivity contribution in [2.75, 3.05) is 0 Å². The van der Waals surface area contributed by atoms with Gasteiger partial charge in [0, 0.05) is 17.4 Å². The van der Waals surface area contributed by atoms with Gasteiger partial charge in [-0.15, -0.1) is 0 Å². The van der Waals surface area contributed by atoms with Crippen LogP contribution < -0.4 is 5.32 Å². The molecule has 0 saturated carbocycles. The molecule has 1 atom stereocenters. The average molecular weight is 354 g/mol. The molecule has 1 heterocycles. The molecule has 0 radical (unpaired) electrons. The SMILES string of the molecule is CCC(C)NC(=O)c1ccc(CSc2nc3cc(C)ccc3o2)cc1. The van der Waals surface area contributed by atoms with Gasteiger partial charge in [0.15, 0.2) is 5.58 Å². The van der Waals surface area contributed by atoms with Gasteiger partial charge < -0.3 is 9.73 Å². The number of hydrogen-bond donors (Lipinski definition) is 1. The van der Waals surface area contributed by atoms with E-state index in [-0.39, 0.29) is 11.9 Å². The normalized spacial score (nSPS) is 12.3. The van der Waals surface area contributed by atoms with Crippen molar-refractivity contribution in [3.05, 3.63) is 59.2 Å². The number of thioether (sulfide) groups is 1. The summed E-state index contributed by atoms with van der Waals surface area (Å²) in [6.07, 6.45) is 0.921. The van der Waals surface area contributed by atoms with E-state index >= 15 is 0 Å². The Morgan fingerprint density at radius 1 is 1.24 bits per heavy atom. The quantitative estimate of drug-likeness (QED) is 0.636. The molecule has 0 fully saturated rings. The zero-order valence-corrected chi connectivity index (χ0v) is 15.5. The third-order valence-electron chi connectivity index (χ3n) is 4.09. The number of nitrogens with one attached hydrogen (secondary N) is 1. The van der Waals surface area contributed by atoms with Crippen LogP contribution in [0.3, 0.4) is 0 Å². The molecule has 4 nitrogen and oxygen atoms in total. The van der Waals surface area contributed by atoms with Gasteiger partial charge in [0.2, 0.25) is 0 Å². The summed E-state index contributed by atoms with van der Waals surface area (Å²) in [5, 5.41) is 3.64. The standard InChI is InChI=1S/C20H22N2O2S/c1-4-14(3)21-19(23)16-8-6-15(7-9-16)12-25-20-22-17-11-13(2)5-10-18(17)24-20/h5-11,14H,4,12H2,1-3H3,(H,21,23). The predicted octanol–water partition coefficient (Wildman–Crippen LogP) is 4.96. The Kier molecular flexibility index (Phi) is 5.43. The van der Waals surface area contributed by atoms with Crippen LogP contribution in [0.15, 0.2) is 52.1 Å². The average Bonchev–Trinajstić information content (AvgIpc) is 3.02. The first kappa shape index (κ1) is 17.5. The number of carbonyl (C=O) groups is 1. The smallest absolute Gasteiger partial charge is 0.257 e. The molecule has 0 aliphatic heterocycles. The van der Waals surface area contributed by atoms with Crippen molar-refractivity contribution in [2.24, 2.45) is 0 Å². The summed E-state index contributed by atoms with van der Waals surface area (Å²) in [4.78, 5) is 16.6. The molecule has 130 valence electrons. The van der Waals surface area contributed by atoms with Gasteiger partial charge in [0.1, 0.15) is 5.52 Å². The van der Waals surface area contributed by atoms with E-state index in [1.54, 1.807) is 11.8 Å². The van der Waals surface area contributed by atoms with Gasteiger partial charge in [-0.05, 0) is 55.7 Å². The summed E-state index contributed by atoms with van der Waals surface area (Å²) >= 11 is 1.56. The first-order chi connectivity index (χ1) is 12.0. The van der Waals surface area contributed by atoms with Crippen LogP contribution in [-0.4, -0.2) is 16.9 Å². The number of nitrogens with zero attached hydrogens (tertiary/aromatic N) is 1. The minimum atomic E-state index is -0.0251. The van der Waals surface area contributed by atoms with E-state index < -0.39 is 0 Å². The van der Waals surface area contributed by atoms with Crippen molar-refractivity contribution < 1.29 is 9.21 Å². The highest BCUT2D eigenvalue weighted by atomic mass is 32.2. The number of fused-ring (bicyclic) bond motifs is 1. The van der Waals surface area contributed by atoms with Crippen LogP contribution in [0.2, 0.25) is 0 Å². The number of amides is 1. The molecule has 3 aromatic rings. The number of carbonyl (C=O) groups excluding carboxylic acids is 1. The highest BCUT2D eigenvalue weighted by molar-refractivity contribution is 7.98. The van der Waals surface area contributed by atoms with Gasteiger partial charge in [0.25, 0.3) is 11.1 Å². The molecule has 0 aliphatic carbocycles. The van der Waals surface area contributed by atoms with Gasteiger partial charge in [0.05, 0.1) is 0 Å². The van der Waals surface area contributed by atoms with Gasteiger partial charge in [-0.1, -0.05) is 36.9 Å². The Hall–Kier alpha value is -2.27. The number of aryl methyl sites for hydroxylation is 1. The van der Waals surface area contributed by atoms with Crippen molar-refractivity contribution in [2.45, 2.75) is 44.2 Å². The lowest BCUT2D eigenvalue weighted by Crippen LogP contribution is -2.31. The summed E-state index contributed by atoms with van der Waals surface area (Å²) in [5.74, 6) is 0.724. The molecule has 0 bridgehead atoms. The second kappa shape index (κ2) is 7.74. The van der Waals surface area contributed by atoms with E-state index in [4.69, 9.17) is 4.42 Å². The minimum absolute atomic E-state index is 0.0251. The molecular formula is C20H22N2O2S. The molecule has 1 aromatic heterocycles. The van der Waals surface area contributed by atoms with Crippen LogP contribution in [-0.2, 0) is 5.75 Å². The Morgan fingerprint density at radius 3 is 2.72 bits per heavy atom. The van der Waals surface area contributed by atoms with Crippen LogP contribution in [0, 0.1) is 6.92 Å². The summed E-state index contributed by atoms with van der Waals surface area (Å²) in [7, 11) is 0. The summed E-state index contributed by atoms with van der Waals surface area (Å²) in [5.41, 5.74) is 4.68. The van der Waals surface area contributed by atoms with Crippen molar-refractivity contribution >= 4 is 28.8 Å². The highest BCUT2D eigenvalue weighted by Crippen LogP contribution is 2.26. The maximum absolute atomic E-state index is 12.1. The molecule has 1 unspecified atom stereocenters. The highest BCUT2D eigenvalue weighted by Gasteiger charge is 2.09. The predicted molar refractivity (Wildman–Crippen MR) is 102 cm³/mol. The molecule has 1 amide bonds. The van der Waals surface area contributed by atoms with Crippen LogP contribution in [0.5, 0.6) is 0 Å². The molecular weight excluding hydrogens is 332 g/mol. The van der Waals surface area contributed by atoms with Crippen LogP contribution in [0.4, 0.5) is 0 Å². The lowest BCUT2D eigenvalue weighted by Gasteiger charge is -2.11. The Labute approximate surface area is 152 Å². The third-order valence-corrected chi connectivity index (χ3v) is 4.99. The molecule has 0 saturated heterocycles. The molecule has 1 N–H and O–H groups in total. The van der Waals surface area contributed by atoms with Crippen LogP contribution in [0.25, 0.3) is 11.1 Å². The number of benzene rings is 2. The largest absolute Gasteiger partial charge is 0.431 e. The second-order valence-corrected chi connectivity index (χ2v) is 7.15. The molecule has 0 spiro atoms. The fourth-order valence-corrected chi connectivity index (χ4v) is 3.18. The number of oxazole rings is 1. The van der Waals surface area contributed by atoms with Crippen LogP contribution >= 0.6 is 11.8 Å². The molecule has 0 aliphatic rings. The first-order valence-corrected chi connectivity index (χ1v) is 9.43. The van der Waals surface area contributed by atoms with Crippen molar-refractivity contribution in [1.82, 2.24) is 10.3 Å². The van der Waals surface area contributed by atoms with E-state index in [1.165, 1.54) is 5.56 Å². The second-order valence-electron chi connectivity index (χ2n) is 6.22. The van der Waals surface area contributed by atoms with Gasteiger partial charge >= 0.3 is 0 Å². The number of rotatable bonds is 6. The maximum atomic E-state index is 12.1. The fourth-order valence-electron chi connectivity index (χ4n) is 2.38. The number of hydrogen-bond acceptors (Lipinski definition) is 4. The minimum Gasteiger partial charge on any atom is -0.431 e. The lowest BCUT2D eigenvalue weighted by molar-refractivity contribution is 0.0939. The van der Waals surface area contributed by atoms with E-state index in [0.29, 0.717) is 10.8 Å². The number of aromatic nitrogens is 1. The van der Waals surface area contributed by atoms with Gasteiger partial charge in [-0.2, -0.15) is 0 Å². The van der Waals surface area contributed by atoms with E-state index in [1.807, 2.05) is 56.3 Å². The zero-order chi connectivity index (χ0) is 17.8. The Bertz CT molecular complexity index is 871. The van der Waals surface area contributed by atoms with E-state index in [0.717, 1.165) is 28.8 Å². The summed E-state index contributed by atoms with van der Waals surface area (Å²) in [6.45, 7) is 6.10. The first-order valence-electron chi connectivity index (χ1n) is 8.45. The van der Waals surface area contributed by atoms with Gasteiger partial charge in [-0.3, -0.25) is 4.79 Å². The molecule has 25 heavy (non-hydrogen) atoms. The van der Waals surface area contributed by atoms with E-state index in [2.05, 4.69) is 17.2 Å². The fraction of sp³-hybridized carbons (Fsp3) is 0.300. The summed E-state index contributed by atoms with van der Waals surface area (Å²) < 4.78 is 5.75. The van der Waals surface area contributed by atoms with Crippen LogP contribution in [0.1, 0.15) is 41.8 Å². The topological polar surface area (TPSA) is 55.1 Å². The van der Waals surface area contributed by atoms with Crippen molar-refractivity contribution in [3.8, 4) is 0 Å². The maximum Gasteiger partial charge on any atom is 0.257 e. The monoisotopic (exact) mass is 354 g/mol. The Balaban J connectivity index is 1.62. The summed E-state index contributed by atoms with van der Waals surface area (Å²) in [6, 6.07) is 13.9. The van der Waals surface area contributed by atoms with Gasteiger partial charge in [-0.25, -0.2) is 4.98 Å². The van der Waals surface area contributed by atoms with Crippen molar-refractivity contribution in [3.63, 3.8) is 0 Å². The van der Waals surface area contributed by atoms with E-state index in [9.17, 15) is 4.79 Å². The van der Waals surface area contributed by atoms with Crippen molar-refractivity contribution in [1.29, 1.82) is 0 Å². The zero-order valence-electron chi connectivity index (χ0n) is 14.7. The lowest BCUT2D eigenvalue weighted by atomic mass is 10.1. The molecule has 5 heteroatoms. The third kappa shape index (κ3) is 4.42. The molecule has 3 rings (SSSR count).